The molecule has 0 unspecified atom stereocenters. The van der Waals surface area contributed by atoms with Crippen molar-refractivity contribution in [3.63, 3.8) is 0 Å². The Balaban J connectivity index is 1.36. The van der Waals surface area contributed by atoms with E-state index in [0.717, 1.165) is 24.9 Å². The number of benzene rings is 3. The third kappa shape index (κ3) is 4.66. The van der Waals surface area contributed by atoms with Crippen LogP contribution in [0.4, 0.5) is 0 Å². The van der Waals surface area contributed by atoms with Gasteiger partial charge in [-0.05, 0) is 48.9 Å². The van der Waals surface area contributed by atoms with Crippen LogP contribution in [0.3, 0.4) is 0 Å². The number of fused-ring (bicyclic) bond motifs is 3. The number of aryl methyl sites for hydroxylation is 1. The Bertz CT molecular complexity index is 1120. The van der Waals surface area contributed by atoms with Crippen LogP contribution in [0.2, 0.25) is 0 Å². The van der Waals surface area contributed by atoms with Gasteiger partial charge in [0.15, 0.2) is 0 Å². The van der Waals surface area contributed by atoms with E-state index < -0.39 is 0 Å². The van der Waals surface area contributed by atoms with Crippen molar-refractivity contribution in [3.05, 3.63) is 83.9 Å². The fourth-order valence-electron chi connectivity index (χ4n) is 4.41. The quantitative estimate of drug-likeness (QED) is 0.338. The first kappa shape index (κ1) is 21.2. The predicted octanol–water partition coefficient (Wildman–Crippen LogP) is 6.30. The number of nitrogens with one attached hydrogen (secondary N) is 1. The molecule has 3 heteroatoms. The summed E-state index contributed by atoms with van der Waals surface area (Å²) >= 11 is 0. The van der Waals surface area contributed by atoms with Gasteiger partial charge in [0.1, 0.15) is 0 Å². The van der Waals surface area contributed by atoms with Crippen LogP contribution in [-0.4, -0.2) is 17.0 Å². The molecule has 0 spiro atoms. The van der Waals surface area contributed by atoms with Crippen molar-refractivity contribution >= 4 is 27.7 Å². The van der Waals surface area contributed by atoms with Crippen LogP contribution in [0.5, 0.6) is 0 Å². The van der Waals surface area contributed by atoms with Gasteiger partial charge in [-0.2, -0.15) is 0 Å². The van der Waals surface area contributed by atoms with Gasteiger partial charge in [-0.25, -0.2) is 0 Å². The van der Waals surface area contributed by atoms with E-state index in [1.165, 1.54) is 27.4 Å². The Morgan fingerprint density at radius 3 is 2.00 bits per heavy atom. The molecule has 0 bridgehead atoms. The van der Waals surface area contributed by atoms with Gasteiger partial charge in [-0.15, -0.1) is 0 Å². The highest BCUT2D eigenvalue weighted by Crippen LogP contribution is 2.28. The summed E-state index contributed by atoms with van der Waals surface area (Å²) in [6, 6.07) is 25.6. The van der Waals surface area contributed by atoms with E-state index in [2.05, 4.69) is 96.5 Å². The molecule has 0 saturated heterocycles. The molecule has 0 aliphatic heterocycles. The number of hydrogen-bond donors (Lipinski definition) is 1. The second-order valence-corrected chi connectivity index (χ2v) is 8.89. The summed E-state index contributed by atoms with van der Waals surface area (Å²) in [6.07, 6.45) is 1.97. The molecule has 3 nitrogen and oxygen atoms in total. The fourth-order valence-corrected chi connectivity index (χ4v) is 4.41. The second-order valence-electron chi connectivity index (χ2n) is 8.89. The van der Waals surface area contributed by atoms with Gasteiger partial charge in [0.2, 0.25) is 5.91 Å². The van der Waals surface area contributed by atoms with Crippen LogP contribution < -0.4 is 5.32 Å². The van der Waals surface area contributed by atoms with E-state index in [0.29, 0.717) is 12.5 Å². The number of hydrogen-bond acceptors (Lipinski definition) is 1. The normalized spacial score (nSPS) is 12.5. The average Bonchev–Trinajstić information content (AvgIpc) is 3.10. The molecular weight excluding hydrogens is 380 g/mol. The van der Waals surface area contributed by atoms with Crippen LogP contribution >= 0.6 is 0 Å². The highest BCUT2D eigenvalue weighted by molar-refractivity contribution is 6.07. The monoisotopic (exact) mass is 412 g/mol. The summed E-state index contributed by atoms with van der Waals surface area (Å²) in [5, 5.41) is 5.71. The number of rotatable bonds is 8. The largest absolute Gasteiger partial charge is 0.356 e. The smallest absolute Gasteiger partial charge is 0.227 e. The molecule has 1 heterocycles. The molecular formula is C28H32N2O. The number of carbonyl (C=O) groups is 1. The van der Waals surface area contributed by atoms with Crippen molar-refractivity contribution in [2.24, 2.45) is 5.92 Å². The predicted molar refractivity (Wildman–Crippen MR) is 130 cm³/mol. The first-order valence-electron chi connectivity index (χ1n) is 11.4. The Labute approximate surface area is 185 Å². The lowest BCUT2D eigenvalue weighted by molar-refractivity contribution is -0.122. The molecule has 0 aliphatic rings. The van der Waals surface area contributed by atoms with Gasteiger partial charge >= 0.3 is 0 Å². The topological polar surface area (TPSA) is 34.0 Å². The van der Waals surface area contributed by atoms with E-state index in [-0.39, 0.29) is 11.8 Å². The number of amides is 1. The minimum absolute atomic E-state index is 0.0961. The van der Waals surface area contributed by atoms with E-state index in [4.69, 9.17) is 0 Å². The lowest BCUT2D eigenvalue weighted by atomic mass is 9.96. The van der Waals surface area contributed by atoms with Crippen molar-refractivity contribution in [1.82, 2.24) is 9.88 Å². The zero-order valence-electron chi connectivity index (χ0n) is 18.8. The summed E-state index contributed by atoms with van der Waals surface area (Å²) < 4.78 is 2.37. The molecule has 0 saturated carbocycles. The van der Waals surface area contributed by atoms with E-state index in [9.17, 15) is 4.79 Å². The molecule has 31 heavy (non-hydrogen) atoms. The van der Waals surface area contributed by atoms with Crippen LogP contribution in [0.1, 0.15) is 44.2 Å². The summed E-state index contributed by atoms with van der Waals surface area (Å²) in [6.45, 7) is 7.99. The number of para-hydroxylation sites is 2. The number of aromatic nitrogens is 1. The molecule has 3 aromatic carbocycles. The third-order valence-electron chi connectivity index (χ3n) is 6.05. The first-order chi connectivity index (χ1) is 15.0. The van der Waals surface area contributed by atoms with Crippen LogP contribution in [0.25, 0.3) is 21.8 Å². The fraction of sp³-hybridized carbons (Fsp3) is 0.321. The maximum atomic E-state index is 12.7. The lowest BCUT2D eigenvalue weighted by Gasteiger charge is -2.14. The van der Waals surface area contributed by atoms with E-state index in [1.54, 1.807) is 0 Å². The van der Waals surface area contributed by atoms with Crippen molar-refractivity contribution in [3.8, 4) is 0 Å². The van der Waals surface area contributed by atoms with Crippen molar-refractivity contribution in [2.75, 3.05) is 6.54 Å². The zero-order valence-corrected chi connectivity index (χ0v) is 18.8. The van der Waals surface area contributed by atoms with Crippen molar-refractivity contribution < 1.29 is 4.79 Å². The minimum atomic E-state index is -0.138. The highest BCUT2D eigenvalue weighted by atomic mass is 16.1. The summed E-state index contributed by atoms with van der Waals surface area (Å²) in [5.41, 5.74) is 4.92. The molecule has 1 atom stereocenters. The molecule has 1 amide bonds. The molecule has 4 rings (SSSR count). The Morgan fingerprint density at radius 2 is 1.42 bits per heavy atom. The van der Waals surface area contributed by atoms with E-state index >= 15 is 0 Å². The van der Waals surface area contributed by atoms with Crippen molar-refractivity contribution in [2.45, 2.75) is 46.1 Å². The minimum Gasteiger partial charge on any atom is -0.356 e. The van der Waals surface area contributed by atoms with Crippen LogP contribution in [-0.2, 0) is 17.8 Å². The standard InChI is InChI=1S/C28H32N2O/c1-20(2)19-22-13-15-23(16-14-22)21(3)28(31)29-17-8-18-30-26-11-6-4-9-24(26)25-10-5-7-12-27(25)30/h4-7,9-16,20-21H,8,17-19H2,1-3H3,(H,29,31)/t21-/m1/s1. The van der Waals surface area contributed by atoms with E-state index in [1.807, 2.05) is 6.92 Å². The lowest BCUT2D eigenvalue weighted by Crippen LogP contribution is -2.29. The van der Waals surface area contributed by atoms with Gasteiger partial charge in [0.05, 0.1) is 5.92 Å². The average molecular weight is 413 g/mol. The van der Waals surface area contributed by atoms with Gasteiger partial charge in [0.25, 0.3) is 0 Å². The molecule has 0 radical (unpaired) electrons. The Kier molecular flexibility index (Phi) is 6.41. The summed E-state index contributed by atoms with van der Waals surface area (Å²) in [7, 11) is 0. The first-order valence-corrected chi connectivity index (χ1v) is 11.4. The van der Waals surface area contributed by atoms with Crippen molar-refractivity contribution in [1.29, 1.82) is 0 Å². The van der Waals surface area contributed by atoms with Gasteiger partial charge in [0, 0.05) is 34.9 Å². The van der Waals surface area contributed by atoms with Crippen LogP contribution in [0.15, 0.2) is 72.8 Å². The molecule has 0 fully saturated rings. The SMILES string of the molecule is CC(C)Cc1ccc([C@@H](C)C(=O)NCCCn2c3ccccc3c3ccccc32)cc1. The maximum absolute atomic E-state index is 12.7. The molecule has 1 N–H and O–H groups in total. The number of nitrogens with zero attached hydrogens (tertiary/aromatic N) is 1. The van der Waals surface area contributed by atoms with Gasteiger partial charge in [-0.3, -0.25) is 4.79 Å². The summed E-state index contributed by atoms with van der Waals surface area (Å²) in [4.78, 5) is 12.7. The van der Waals surface area contributed by atoms with Gasteiger partial charge < -0.3 is 9.88 Å². The Morgan fingerprint density at radius 1 is 0.839 bits per heavy atom. The summed E-state index contributed by atoms with van der Waals surface area (Å²) in [5.74, 6) is 0.598. The third-order valence-corrected chi connectivity index (χ3v) is 6.05. The number of carbonyl (C=O) groups excluding carboxylic acids is 1. The highest BCUT2D eigenvalue weighted by Gasteiger charge is 2.15. The molecule has 4 aromatic rings. The molecule has 0 aliphatic carbocycles. The second kappa shape index (κ2) is 9.38. The molecule has 1 aromatic heterocycles. The maximum Gasteiger partial charge on any atom is 0.227 e. The van der Waals surface area contributed by atoms with Crippen LogP contribution in [0, 0.1) is 5.92 Å². The Hall–Kier alpha value is -3.07. The van der Waals surface area contributed by atoms with Gasteiger partial charge in [-0.1, -0.05) is 74.5 Å². The molecule has 160 valence electrons. The zero-order chi connectivity index (χ0) is 21.8.